The molecule has 0 spiro atoms. The Morgan fingerprint density at radius 1 is 1.15 bits per heavy atom. The van der Waals surface area contributed by atoms with E-state index in [0.29, 0.717) is 34.9 Å². The van der Waals surface area contributed by atoms with Crippen LogP contribution in [0.5, 0.6) is 5.75 Å². The number of Topliss-reactive ketones (excluding diaryl/α,β-unsaturated/α-hetero) is 1. The van der Waals surface area contributed by atoms with Crippen LogP contribution in [0.3, 0.4) is 0 Å². The fourth-order valence-corrected chi connectivity index (χ4v) is 4.61. The number of amides is 1. The Labute approximate surface area is 198 Å². The molecule has 0 bridgehead atoms. The van der Waals surface area contributed by atoms with Crippen LogP contribution >= 0.6 is 11.6 Å². The number of para-hydroxylation sites is 1. The lowest BCUT2D eigenvalue weighted by atomic mass is 9.94. The molecule has 1 unspecified atom stereocenters. The first kappa shape index (κ1) is 23.3. The first-order valence-corrected chi connectivity index (χ1v) is 11.5. The molecule has 1 atom stereocenters. The number of methoxy groups -OCH3 is 1. The Bertz CT molecular complexity index is 1050. The Morgan fingerprint density at radius 2 is 1.85 bits per heavy atom. The number of carbonyl (C=O) groups excluding carboxylic acids is 2. The number of nitrogens with one attached hydrogen (secondary N) is 1. The zero-order valence-corrected chi connectivity index (χ0v) is 19.3. The number of carbonyl (C=O) groups is 2. The number of halogens is 1. The molecule has 2 saturated heterocycles. The molecule has 1 amide bonds. The fraction of sp³-hybridized carbons (Fsp3) is 0.360. The van der Waals surface area contributed by atoms with Crippen molar-refractivity contribution in [3.63, 3.8) is 0 Å². The van der Waals surface area contributed by atoms with Gasteiger partial charge in [-0.25, -0.2) is 0 Å². The maximum Gasteiger partial charge on any atom is 0.295 e. The number of hydrogen-bond acceptors (Lipinski definition) is 5. The van der Waals surface area contributed by atoms with Crippen molar-refractivity contribution in [2.24, 2.45) is 0 Å². The molecular formula is C25H27ClN2O5. The highest BCUT2D eigenvalue weighted by atomic mass is 35.5. The number of ketones is 1. The highest BCUT2D eigenvalue weighted by molar-refractivity contribution is 6.46. The maximum absolute atomic E-state index is 13.4. The fourth-order valence-electron chi connectivity index (χ4n) is 4.48. The molecule has 0 aliphatic carbocycles. The van der Waals surface area contributed by atoms with Crippen molar-refractivity contribution >= 4 is 29.1 Å². The smallest absolute Gasteiger partial charge is 0.295 e. The summed E-state index contributed by atoms with van der Waals surface area (Å²) >= 11 is 5.96. The van der Waals surface area contributed by atoms with E-state index in [0.717, 1.165) is 32.8 Å². The molecule has 7 nitrogen and oxygen atoms in total. The molecule has 2 aliphatic heterocycles. The van der Waals surface area contributed by atoms with Gasteiger partial charge in [-0.15, -0.1) is 0 Å². The summed E-state index contributed by atoms with van der Waals surface area (Å²) in [6.45, 7) is 4.54. The number of nitrogens with zero attached hydrogens (tertiary/aromatic N) is 1. The Balaban J connectivity index is 1.70. The molecule has 1 N–H and O–H groups in total. The van der Waals surface area contributed by atoms with Gasteiger partial charge < -0.3 is 24.4 Å². The van der Waals surface area contributed by atoms with Crippen LogP contribution in [0.4, 0.5) is 0 Å². The zero-order chi connectivity index (χ0) is 23.4. The molecule has 0 aromatic heterocycles. The van der Waals surface area contributed by atoms with E-state index < -0.39 is 23.5 Å². The minimum absolute atomic E-state index is 0.0504. The Hall–Kier alpha value is -2.87. The molecule has 0 radical (unpaired) electrons. The highest BCUT2D eigenvalue weighted by Crippen LogP contribution is 2.42. The molecule has 2 aliphatic rings. The van der Waals surface area contributed by atoms with Gasteiger partial charge in [-0.05, 0) is 23.8 Å². The van der Waals surface area contributed by atoms with Crippen LogP contribution in [0.1, 0.15) is 23.6 Å². The molecule has 33 heavy (non-hydrogen) atoms. The van der Waals surface area contributed by atoms with Crippen molar-refractivity contribution in [1.82, 2.24) is 4.90 Å². The molecule has 174 valence electrons. The second-order valence-electron chi connectivity index (χ2n) is 8.19. The number of morpholine rings is 1. The van der Waals surface area contributed by atoms with Gasteiger partial charge in [0.2, 0.25) is 5.78 Å². The van der Waals surface area contributed by atoms with Gasteiger partial charge in [0, 0.05) is 29.1 Å². The van der Waals surface area contributed by atoms with E-state index in [2.05, 4.69) is 0 Å². The first-order valence-electron chi connectivity index (χ1n) is 11.1. The van der Waals surface area contributed by atoms with E-state index in [-0.39, 0.29) is 5.57 Å². The number of ether oxygens (including phenoxy) is 2. The van der Waals surface area contributed by atoms with Crippen molar-refractivity contribution in [1.29, 1.82) is 0 Å². The van der Waals surface area contributed by atoms with E-state index in [4.69, 9.17) is 21.1 Å². The standard InChI is InChI=1S/C25H27ClN2O5/c1-32-20-6-3-2-5-19(20)22-21(23(29)17-7-9-18(26)10-8-17)24(30)25(31)28(22)12-4-11-27-13-15-33-16-14-27/h2-3,5-10,22,29H,4,11-16H2,1H3. The second kappa shape index (κ2) is 10.4. The van der Waals surface area contributed by atoms with E-state index in [1.54, 1.807) is 36.4 Å². The number of quaternary nitrogens is 1. The number of hydrogen-bond donors (Lipinski definition) is 1. The second-order valence-corrected chi connectivity index (χ2v) is 8.62. The summed E-state index contributed by atoms with van der Waals surface area (Å²) in [5.41, 5.74) is 0.885. The molecule has 0 saturated carbocycles. The lowest BCUT2D eigenvalue weighted by molar-refractivity contribution is -0.908. The molecule has 8 heteroatoms. The van der Waals surface area contributed by atoms with Crippen molar-refractivity contribution in [3.05, 3.63) is 70.3 Å². The van der Waals surface area contributed by atoms with Crippen LogP contribution in [-0.2, 0) is 14.3 Å². The van der Waals surface area contributed by atoms with Crippen molar-refractivity contribution in [2.75, 3.05) is 46.5 Å². The summed E-state index contributed by atoms with van der Waals surface area (Å²) in [6.07, 6.45) is 0.711. The van der Waals surface area contributed by atoms with E-state index in [1.165, 1.54) is 16.9 Å². The summed E-state index contributed by atoms with van der Waals surface area (Å²) in [7, 11) is 1.53. The monoisotopic (exact) mass is 470 g/mol. The van der Waals surface area contributed by atoms with Crippen molar-refractivity contribution < 1.29 is 29.1 Å². The Kier molecular flexibility index (Phi) is 7.33. The van der Waals surface area contributed by atoms with E-state index in [9.17, 15) is 14.7 Å². The molecule has 4 rings (SSSR count). The third-order valence-electron chi connectivity index (χ3n) is 6.20. The zero-order valence-electron chi connectivity index (χ0n) is 18.5. The van der Waals surface area contributed by atoms with Crippen molar-refractivity contribution in [3.8, 4) is 5.75 Å². The lowest BCUT2D eigenvalue weighted by Gasteiger charge is -2.29. The van der Waals surface area contributed by atoms with Gasteiger partial charge in [-0.2, -0.15) is 0 Å². The quantitative estimate of drug-likeness (QED) is 0.369. The van der Waals surface area contributed by atoms with Gasteiger partial charge in [-0.1, -0.05) is 47.7 Å². The number of benzene rings is 2. The lowest BCUT2D eigenvalue weighted by Crippen LogP contribution is -3.14. The number of rotatable bonds is 7. The van der Waals surface area contributed by atoms with Crippen LogP contribution in [-0.4, -0.2) is 63.1 Å². The SMILES string of the molecule is COc1ccccc1C1C(=C([O-])c2ccc(Cl)cc2)C(=O)C(=O)N1CCC[NH+]1CCOCC1. The first-order chi connectivity index (χ1) is 16.0. The molecule has 2 fully saturated rings. The van der Waals surface area contributed by atoms with Gasteiger partial charge in [0.25, 0.3) is 5.91 Å². The maximum atomic E-state index is 13.4. The van der Waals surface area contributed by atoms with E-state index >= 15 is 0 Å². The van der Waals surface area contributed by atoms with Crippen LogP contribution in [0.2, 0.25) is 5.02 Å². The third-order valence-corrected chi connectivity index (χ3v) is 6.45. The van der Waals surface area contributed by atoms with Crippen molar-refractivity contribution in [2.45, 2.75) is 12.5 Å². The predicted molar refractivity (Wildman–Crippen MR) is 122 cm³/mol. The topological polar surface area (TPSA) is 83.3 Å². The predicted octanol–water partition coefficient (Wildman–Crippen LogP) is 0.878. The van der Waals surface area contributed by atoms with Gasteiger partial charge >= 0.3 is 0 Å². The summed E-state index contributed by atoms with van der Waals surface area (Å²) < 4.78 is 10.9. The molecule has 2 heterocycles. The Morgan fingerprint density at radius 3 is 2.55 bits per heavy atom. The average Bonchev–Trinajstić information content (AvgIpc) is 3.09. The van der Waals surface area contributed by atoms with Crippen LogP contribution < -0.4 is 14.7 Å². The van der Waals surface area contributed by atoms with Gasteiger partial charge in [-0.3, -0.25) is 9.59 Å². The summed E-state index contributed by atoms with van der Waals surface area (Å²) in [5, 5.41) is 13.9. The largest absolute Gasteiger partial charge is 0.872 e. The highest BCUT2D eigenvalue weighted by Gasteiger charge is 2.45. The average molecular weight is 471 g/mol. The van der Waals surface area contributed by atoms with Crippen LogP contribution in [0.25, 0.3) is 5.76 Å². The normalized spacial score (nSPS) is 20.9. The van der Waals surface area contributed by atoms with Crippen LogP contribution in [0.15, 0.2) is 54.1 Å². The summed E-state index contributed by atoms with van der Waals surface area (Å²) in [6, 6.07) is 12.7. The number of likely N-dealkylation sites (tertiary alicyclic amines) is 1. The molecule has 2 aromatic carbocycles. The third kappa shape index (κ3) is 4.90. The molecular weight excluding hydrogens is 444 g/mol. The minimum atomic E-state index is -0.802. The van der Waals surface area contributed by atoms with Gasteiger partial charge in [0.1, 0.15) is 18.8 Å². The van der Waals surface area contributed by atoms with Gasteiger partial charge in [0.05, 0.1) is 32.9 Å². The molecule has 2 aromatic rings. The van der Waals surface area contributed by atoms with E-state index in [1.807, 2.05) is 12.1 Å². The van der Waals surface area contributed by atoms with Gasteiger partial charge in [0.15, 0.2) is 0 Å². The summed E-state index contributed by atoms with van der Waals surface area (Å²) in [4.78, 5) is 29.1. The summed E-state index contributed by atoms with van der Waals surface area (Å²) in [5.74, 6) is -1.36. The minimum Gasteiger partial charge on any atom is -0.872 e. The van der Waals surface area contributed by atoms with Crippen LogP contribution in [0, 0.1) is 0 Å².